The number of morpholine rings is 1. The van der Waals surface area contributed by atoms with Crippen molar-refractivity contribution in [2.24, 2.45) is 0 Å². The minimum Gasteiger partial charge on any atom is -0.379 e. The molecule has 1 saturated heterocycles. The van der Waals surface area contributed by atoms with Crippen molar-refractivity contribution in [2.75, 3.05) is 26.3 Å². The normalized spacial score (nSPS) is 16.5. The maximum atomic E-state index is 11.6. The van der Waals surface area contributed by atoms with Gasteiger partial charge < -0.3 is 10.1 Å². The second-order valence-electron chi connectivity index (χ2n) is 3.88. The first kappa shape index (κ1) is 11.9. The molecule has 0 unspecified atom stereocenters. The topological polar surface area (TPSA) is 53.6 Å². The van der Waals surface area contributed by atoms with Gasteiger partial charge in [0.25, 0.3) is 0 Å². The fourth-order valence-corrected chi connectivity index (χ4v) is 1.64. The zero-order chi connectivity index (χ0) is 11.9. The highest BCUT2D eigenvalue weighted by atomic mass is 16.5. The van der Waals surface area contributed by atoms with Crippen LogP contribution in [0.4, 0.5) is 4.79 Å². The molecule has 1 aromatic rings. The van der Waals surface area contributed by atoms with Gasteiger partial charge in [-0.2, -0.15) is 0 Å². The number of urea groups is 1. The summed E-state index contributed by atoms with van der Waals surface area (Å²) in [5, 5.41) is 4.68. The maximum Gasteiger partial charge on any atom is 0.329 e. The molecule has 2 N–H and O–H groups in total. The summed E-state index contributed by atoms with van der Waals surface area (Å²) in [5.41, 5.74) is 3.88. The van der Waals surface area contributed by atoms with Crippen molar-refractivity contribution in [3.8, 4) is 0 Å². The van der Waals surface area contributed by atoms with Gasteiger partial charge in [-0.3, -0.25) is 5.43 Å². The molecule has 0 aliphatic carbocycles. The Balaban J connectivity index is 1.70. The molecule has 0 radical (unpaired) electrons. The third-order valence-corrected chi connectivity index (χ3v) is 2.57. The van der Waals surface area contributed by atoms with Crippen molar-refractivity contribution in [1.29, 1.82) is 0 Å². The van der Waals surface area contributed by atoms with Crippen LogP contribution in [-0.4, -0.2) is 37.3 Å². The Morgan fingerprint density at radius 3 is 2.65 bits per heavy atom. The van der Waals surface area contributed by atoms with Crippen molar-refractivity contribution in [2.45, 2.75) is 6.54 Å². The van der Waals surface area contributed by atoms with Crippen LogP contribution in [0.1, 0.15) is 5.56 Å². The number of benzene rings is 1. The number of nitrogens with zero attached hydrogens (tertiary/aromatic N) is 1. The Kier molecular flexibility index (Phi) is 4.35. The minimum absolute atomic E-state index is 0.171. The number of nitrogens with one attached hydrogen (secondary N) is 2. The van der Waals surface area contributed by atoms with E-state index in [0.717, 1.165) is 18.7 Å². The van der Waals surface area contributed by atoms with Gasteiger partial charge in [0.2, 0.25) is 0 Å². The predicted octanol–water partition coefficient (Wildman–Crippen LogP) is 0.733. The second kappa shape index (κ2) is 6.22. The molecule has 0 spiro atoms. The average molecular weight is 235 g/mol. The third-order valence-electron chi connectivity index (χ3n) is 2.57. The number of carbonyl (C=O) groups excluding carboxylic acids is 1. The summed E-state index contributed by atoms with van der Waals surface area (Å²) in [7, 11) is 0. The summed E-state index contributed by atoms with van der Waals surface area (Å²) in [6.45, 7) is 3.34. The molecule has 0 bridgehead atoms. The summed E-state index contributed by atoms with van der Waals surface area (Å²) >= 11 is 0. The number of hydrogen-bond acceptors (Lipinski definition) is 3. The van der Waals surface area contributed by atoms with Gasteiger partial charge in [-0.15, -0.1) is 0 Å². The molecule has 0 atom stereocenters. The van der Waals surface area contributed by atoms with Gasteiger partial charge in [0.15, 0.2) is 0 Å². The Morgan fingerprint density at radius 2 is 1.94 bits per heavy atom. The van der Waals surface area contributed by atoms with Crippen LogP contribution in [0.25, 0.3) is 0 Å². The Morgan fingerprint density at radius 1 is 1.24 bits per heavy atom. The molecule has 2 rings (SSSR count). The van der Waals surface area contributed by atoms with E-state index in [-0.39, 0.29) is 6.03 Å². The molecule has 5 nitrogen and oxygen atoms in total. The van der Waals surface area contributed by atoms with Crippen LogP contribution in [0.15, 0.2) is 30.3 Å². The summed E-state index contributed by atoms with van der Waals surface area (Å²) in [4.78, 5) is 11.6. The zero-order valence-electron chi connectivity index (χ0n) is 9.69. The highest BCUT2D eigenvalue weighted by Crippen LogP contribution is 1.97. The van der Waals surface area contributed by atoms with Crippen molar-refractivity contribution in [1.82, 2.24) is 15.8 Å². The lowest BCUT2D eigenvalue weighted by molar-refractivity contribution is 0.0195. The van der Waals surface area contributed by atoms with Crippen LogP contribution in [0.5, 0.6) is 0 Å². The first-order chi connectivity index (χ1) is 8.34. The van der Waals surface area contributed by atoms with Crippen molar-refractivity contribution < 1.29 is 9.53 Å². The standard InChI is InChI=1S/C12H17N3O2/c16-12(14-15-6-8-17-9-7-15)13-10-11-4-2-1-3-5-11/h1-5H,6-10H2,(H2,13,14,16). The lowest BCUT2D eigenvalue weighted by Gasteiger charge is -2.26. The Bertz CT molecular complexity index is 350. The number of hydrogen-bond donors (Lipinski definition) is 2. The van der Waals surface area contributed by atoms with Crippen LogP contribution in [0.2, 0.25) is 0 Å². The van der Waals surface area contributed by atoms with E-state index >= 15 is 0 Å². The lowest BCUT2D eigenvalue weighted by Crippen LogP contribution is -2.51. The SMILES string of the molecule is O=C(NCc1ccccc1)NN1CCOCC1. The van der Waals surface area contributed by atoms with E-state index in [1.165, 1.54) is 0 Å². The smallest absolute Gasteiger partial charge is 0.329 e. The van der Waals surface area contributed by atoms with Crippen LogP contribution in [0, 0.1) is 0 Å². The molecular weight excluding hydrogens is 218 g/mol. The van der Waals surface area contributed by atoms with Gasteiger partial charge in [-0.25, -0.2) is 9.80 Å². The lowest BCUT2D eigenvalue weighted by atomic mass is 10.2. The monoisotopic (exact) mass is 235 g/mol. The van der Waals surface area contributed by atoms with E-state index in [1.807, 2.05) is 35.3 Å². The fourth-order valence-electron chi connectivity index (χ4n) is 1.64. The largest absolute Gasteiger partial charge is 0.379 e. The third kappa shape index (κ3) is 4.05. The highest BCUT2D eigenvalue weighted by Gasteiger charge is 2.12. The maximum absolute atomic E-state index is 11.6. The Labute approximate surface area is 101 Å². The van der Waals surface area contributed by atoms with E-state index in [9.17, 15) is 4.79 Å². The number of rotatable bonds is 3. The van der Waals surface area contributed by atoms with Gasteiger partial charge in [-0.05, 0) is 5.56 Å². The quantitative estimate of drug-likeness (QED) is 0.812. The van der Waals surface area contributed by atoms with Gasteiger partial charge in [0, 0.05) is 19.6 Å². The average Bonchev–Trinajstić information content (AvgIpc) is 2.39. The molecule has 5 heteroatoms. The van der Waals surface area contributed by atoms with Gasteiger partial charge in [-0.1, -0.05) is 30.3 Å². The van der Waals surface area contributed by atoms with Crippen LogP contribution < -0.4 is 10.7 Å². The molecule has 0 saturated carbocycles. The van der Waals surface area contributed by atoms with E-state index in [2.05, 4.69) is 10.7 Å². The summed E-state index contributed by atoms with van der Waals surface area (Å²) < 4.78 is 5.20. The van der Waals surface area contributed by atoms with Crippen molar-refractivity contribution >= 4 is 6.03 Å². The molecule has 17 heavy (non-hydrogen) atoms. The molecular formula is C12H17N3O2. The molecule has 2 amide bonds. The molecule has 1 aliphatic rings. The van der Waals surface area contributed by atoms with Crippen molar-refractivity contribution in [3.05, 3.63) is 35.9 Å². The van der Waals surface area contributed by atoms with Crippen LogP contribution in [-0.2, 0) is 11.3 Å². The summed E-state index contributed by atoms with van der Waals surface area (Å²) in [6.07, 6.45) is 0. The number of ether oxygens (including phenoxy) is 1. The molecule has 0 aromatic heterocycles. The minimum atomic E-state index is -0.171. The van der Waals surface area contributed by atoms with Crippen LogP contribution >= 0.6 is 0 Å². The van der Waals surface area contributed by atoms with Crippen molar-refractivity contribution in [3.63, 3.8) is 0 Å². The van der Waals surface area contributed by atoms with Gasteiger partial charge in [0.1, 0.15) is 0 Å². The first-order valence-corrected chi connectivity index (χ1v) is 5.76. The predicted molar refractivity (Wildman–Crippen MR) is 64.2 cm³/mol. The second-order valence-corrected chi connectivity index (χ2v) is 3.88. The van der Waals surface area contributed by atoms with E-state index < -0.39 is 0 Å². The number of carbonyl (C=O) groups is 1. The molecule has 92 valence electrons. The summed E-state index contributed by atoms with van der Waals surface area (Å²) in [5.74, 6) is 0. The molecule has 1 aliphatic heterocycles. The zero-order valence-corrected chi connectivity index (χ0v) is 9.69. The summed E-state index contributed by atoms with van der Waals surface area (Å²) in [6, 6.07) is 9.66. The number of amides is 2. The van der Waals surface area contributed by atoms with Gasteiger partial charge in [0.05, 0.1) is 13.2 Å². The molecule has 1 fully saturated rings. The number of hydrazine groups is 1. The Hall–Kier alpha value is -1.59. The van der Waals surface area contributed by atoms with E-state index in [4.69, 9.17) is 4.74 Å². The molecule has 1 aromatic carbocycles. The fraction of sp³-hybridized carbons (Fsp3) is 0.417. The van der Waals surface area contributed by atoms with E-state index in [1.54, 1.807) is 0 Å². The first-order valence-electron chi connectivity index (χ1n) is 5.76. The van der Waals surface area contributed by atoms with Crippen LogP contribution in [0.3, 0.4) is 0 Å². The van der Waals surface area contributed by atoms with E-state index in [0.29, 0.717) is 19.8 Å². The molecule has 1 heterocycles. The van der Waals surface area contributed by atoms with Gasteiger partial charge >= 0.3 is 6.03 Å². The highest BCUT2D eigenvalue weighted by molar-refractivity contribution is 5.73.